The lowest BCUT2D eigenvalue weighted by Crippen LogP contribution is -2.48. The van der Waals surface area contributed by atoms with Gasteiger partial charge in [0.2, 0.25) is 23.6 Å². The predicted molar refractivity (Wildman–Crippen MR) is 160 cm³/mol. The molecule has 17 heteroatoms. The summed E-state index contributed by atoms with van der Waals surface area (Å²) in [6, 6.07) is 5.98. The summed E-state index contributed by atoms with van der Waals surface area (Å²) in [6.07, 6.45) is -0.673. The number of rotatable bonds is 25. The molecule has 0 fully saturated rings. The average molecular weight is 638 g/mol. The average Bonchev–Trinajstić information content (AvgIpc) is 2.95. The smallest absolute Gasteiger partial charge is 0.317 e. The van der Waals surface area contributed by atoms with E-state index in [2.05, 4.69) is 26.6 Å². The van der Waals surface area contributed by atoms with Crippen LogP contribution in [0, 0.1) is 0 Å². The Kier molecular flexibility index (Phi) is 18.8. The topological polar surface area (TPSA) is 270 Å². The highest BCUT2D eigenvalue weighted by Gasteiger charge is 2.22. The van der Waals surface area contributed by atoms with Crippen molar-refractivity contribution >= 4 is 41.5 Å². The quantitative estimate of drug-likeness (QED) is 0.0492. The first kappa shape index (κ1) is 38.4. The number of nitrogens with zero attached hydrogens (tertiary/aromatic N) is 1. The Morgan fingerprint density at radius 1 is 0.711 bits per heavy atom. The minimum Gasteiger partial charge on any atom is -0.481 e. The summed E-state index contributed by atoms with van der Waals surface area (Å²) in [5, 5.41) is 40.3. The maximum Gasteiger partial charge on any atom is 0.317 e. The summed E-state index contributed by atoms with van der Waals surface area (Å²) in [7, 11) is 0. The Labute approximate surface area is 260 Å². The van der Waals surface area contributed by atoms with Gasteiger partial charge in [-0.05, 0) is 17.5 Å². The van der Waals surface area contributed by atoms with Crippen LogP contribution < -0.4 is 32.3 Å². The fraction of sp³-hybridized carbons (Fsp3) is 0.536. The van der Waals surface area contributed by atoms with Crippen molar-refractivity contribution in [1.29, 1.82) is 0 Å². The molecule has 0 saturated carbocycles. The van der Waals surface area contributed by atoms with Crippen LogP contribution in [0.25, 0.3) is 0 Å². The van der Waals surface area contributed by atoms with E-state index in [1.807, 2.05) is 12.1 Å². The highest BCUT2D eigenvalue weighted by Crippen LogP contribution is 2.07. The molecule has 0 bridgehead atoms. The van der Waals surface area contributed by atoms with Crippen LogP contribution in [0.5, 0.6) is 0 Å². The van der Waals surface area contributed by atoms with Crippen LogP contribution in [0.4, 0.5) is 0 Å². The van der Waals surface area contributed by atoms with E-state index in [4.69, 9.17) is 21.1 Å². The molecule has 1 aromatic carbocycles. The first-order valence-electron chi connectivity index (χ1n) is 14.3. The van der Waals surface area contributed by atoms with E-state index in [0.717, 1.165) is 5.56 Å². The number of hydrogen-bond donors (Lipinski definition) is 9. The van der Waals surface area contributed by atoms with E-state index < -0.39 is 47.6 Å². The van der Waals surface area contributed by atoms with Crippen LogP contribution >= 0.6 is 0 Å². The number of hydrogen-bond acceptors (Lipinski definition) is 10. The standard InChI is InChI=1S/C28H43N7O10/c29-22(36)7-9-32-23(37)8-10-33-28(45)21(5-6-25(39)40)34-24(38)15-19-1-3-20(4-2-19)16-30-11-13-35(18-27(43)44)14-12-31-17-26(41)42/h1-4,21,30-31H,5-18H2,(H2,29,36)(H,32,37)(H,33,45)(H,34,38)(H,39,40)(H,41,42)(H,43,44)/t21-/m0/s1. The first-order chi connectivity index (χ1) is 21.3. The summed E-state index contributed by atoms with van der Waals surface area (Å²) in [4.78, 5) is 82.2. The van der Waals surface area contributed by atoms with Gasteiger partial charge in [0.05, 0.1) is 19.5 Å². The molecule has 250 valence electrons. The number of nitrogens with two attached hydrogens (primary N) is 1. The van der Waals surface area contributed by atoms with E-state index in [0.29, 0.717) is 38.3 Å². The fourth-order valence-electron chi connectivity index (χ4n) is 3.94. The zero-order valence-corrected chi connectivity index (χ0v) is 25.0. The summed E-state index contributed by atoms with van der Waals surface area (Å²) < 4.78 is 0. The highest BCUT2D eigenvalue weighted by molar-refractivity contribution is 5.89. The van der Waals surface area contributed by atoms with E-state index in [9.17, 15) is 33.6 Å². The van der Waals surface area contributed by atoms with Crippen molar-refractivity contribution in [2.45, 2.75) is 44.7 Å². The van der Waals surface area contributed by atoms with Gasteiger partial charge >= 0.3 is 17.9 Å². The summed E-state index contributed by atoms with van der Waals surface area (Å²) in [6.45, 7) is 1.72. The Balaban J connectivity index is 2.52. The van der Waals surface area contributed by atoms with Gasteiger partial charge in [-0.2, -0.15) is 0 Å². The minimum atomic E-state index is -1.14. The summed E-state index contributed by atoms with van der Waals surface area (Å²) in [5.41, 5.74) is 6.57. The van der Waals surface area contributed by atoms with Crippen molar-refractivity contribution in [2.75, 3.05) is 52.4 Å². The summed E-state index contributed by atoms with van der Waals surface area (Å²) in [5.74, 6) is -5.22. The molecule has 0 aliphatic heterocycles. The van der Waals surface area contributed by atoms with Crippen molar-refractivity contribution in [3.63, 3.8) is 0 Å². The van der Waals surface area contributed by atoms with Gasteiger partial charge in [0.1, 0.15) is 6.04 Å². The molecule has 45 heavy (non-hydrogen) atoms. The molecule has 0 saturated heterocycles. The van der Waals surface area contributed by atoms with Gasteiger partial charge in [0.15, 0.2) is 0 Å². The third-order valence-electron chi connectivity index (χ3n) is 6.20. The first-order valence-corrected chi connectivity index (χ1v) is 14.3. The molecular formula is C28H43N7O10. The molecule has 1 rings (SSSR count). The molecule has 1 aromatic rings. The molecule has 1 atom stereocenters. The van der Waals surface area contributed by atoms with Gasteiger partial charge < -0.3 is 47.6 Å². The normalized spacial score (nSPS) is 11.4. The number of aliphatic carboxylic acids is 3. The molecule has 0 aromatic heterocycles. The van der Waals surface area contributed by atoms with Gasteiger partial charge in [-0.3, -0.25) is 38.5 Å². The molecule has 0 heterocycles. The van der Waals surface area contributed by atoms with Gasteiger partial charge in [-0.25, -0.2) is 0 Å². The molecule has 0 aliphatic carbocycles. The zero-order chi connectivity index (χ0) is 33.6. The molecule has 0 aliphatic rings. The van der Waals surface area contributed by atoms with Gasteiger partial charge in [0.25, 0.3) is 0 Å². The van der Waals surface area contributed by atoms with Crippen LogP contribution in [0.3, 0.4) is 0 Å². The second-order valence-corrected chi connectivity index (χ2v) is 10.1. The Bertz CT molecular complexity index is 1150. The highest BCUT2D eigenvalue weighted by atomic mass is 16.4. The monoisotopic (exact) mass is 637 g/mol. The van der Waals surface area contributed by atoms with E-state index in [-0.39, 0.29) is 58.3 Å². The van der Waals surface area contributed by atoms with Crippen molar-refractivity contribution in [3.05, 3.63) is 35.4 Å². The lowest BCUT2D eigenvalue weighted by atomic mass is 10.1. The number of carboxylic acids is 3. The zero-order valence-electron chi connectivity index (χ0n) is 25.0. The minimum absolute atomic E-state index is 0.0196. The Hall–Kier alpha value is -4.61. The molecule has 10 N–H and O–H groups in total. The van der Waals surface area contributed by atoms with E-state index in [1.165, 1.54) is 0 Å². The maximum absolute atomic E-state index is 12.7. The molecule has 0 spiro atoms. The molecule has 0 unspecified atom stereocenters. The van der Waals surface area contributed by atoms with Crippen LogP contribution in [0.1, 0.15) is 36.8 Å². The Morgan fingerprint density at radius 3 is 1.93 bits per heavy atom. The molecule has 4 amide bonds. The van der Waals surface area contributed by atoms with Gasteiger partial charge in [-0.15, -0.1) is 0 Å². The Morgan fingerprint density at radius 2 is 1.33 bits per heavy atom. The number of carbonyl (C=O) groups excluding carboxylic acids is 4. The maximum atomic E-state index is 12.7. The van der Waals surface area contributed by atoms with Crippen molar-refractivity contribution in [1.82, 2.24) is 31.5 Å². The van der Waals surface area contributed by atoms with Crippen molar-refractivity contribution < 1.29 is 48.9 Å². The van der Waals surface area contributed by atoms with Crippen LogP contribution in [0.15, 0.2) is 24.3 Å². The second kappa shape index (κ2) is 22.0. The van der Waals surface area contributed by atoms with Crippen molar-refractivity contribution in [3.8, 4) is 0 Å². The number of amides is 4. The number of carboxylic acid groups (broad SMARTS) is 3. The molecule has 0 radical (unpaired) electrons. The van der Waals surface area contributed by atoms with Crippen LogP contribution in [0.2, 0.25) is 0 Å². The van der Waals surface area contributed by atoms with E-state index >= 15 is 0 Å². The third kappa shape index (κ3) is 20.1. The number of nitrogens with one attached hydrogen (secondary N) is 5. The van der Waals surface area contributed by atoms with Gasteiger partial charge in [-0.1, -0.05) is 24.3 Å². The predicted octanol–water partition coefficient (Wildman–Crippen LogP) is -2.77. The summed E-state index contributed by atoms with van der Waals surface area (Å²) >= 11 is 0. The van der Waals surface area contributed by atoms with Crippen LogP contribution in [-0.2, 0) is 46.5 Å². The number of benzene rings is 1. The molecular weight excluding hydrogens is 594 g/mol. The van der Waals surface area contributed by atoms with E-state index in [1.54, 1.807) is 17.0 Å². The number of carbonyl (C=O) groups is 7. The van der Waals surface area contributed by atoms with Crippen LogP contribution in [-0.4, -0.2) is 120 Å². The second-order valence-electron chi connectivity index (χ2n) is 10.1. The number of primary amides is 1. The lowest BCUT2D eigenvalue weighted by Gasteiger charge is -2.20. The van der Waals surface area contributed by atoms with Crippen molar-refractivity contribution in [2.24, 2.45) is 5.73 Å². The third-order valence-corrected chi connectivity index (χ3v) is 6.20. The SMILES string of the molecule is NC(=O)CCNC(=O)CCNC(=O)[C@H](CCC(=O)O)NC(=O)Cc1ccc(CNCCN(CCNCC(=O)O)CC(=O)O)cc1. The molecule has 17 nitrogen and oxygen atoms in total. The fourth-order valence-corrected chi connectivity index (χ4v) is 3.94. The van der Waals surface area contributed by atoms with Gasteiger partial charge in [0, 0.05) is 65.1 Å². The lowest BCUT2D eigenvalue weighted by molar-refractivity contribution is -0.139. The largest absolute Gasteiger partial charge is 0.481 e.